The van der Waals surface area contributed by atoms with Crippen molar-refractivity contribution in [1.82, 2.24) is 4.90 Å². The summed E-state index contributed by atoms with van der Waals surface area (Å²) in [6.45, 7) is 7.02. The maximum absolute atomic E-state index is 13.0. The van der Waals surface area contributed by atoms with Crippen molar-refractivity contribution in [3.8, 4) is 0 Å². The molecule has 1 spiro atoms. The lowest BCUT2D eigenvalue weighted by Gasteiger charge is -2.39. The molecule has 1 aromatic carbocycles. The SMILES string of the molecule is CC(C)[C@H](Sc1ccccc1)C(=O)N1CCC2(CC1)OCCO2. The van der Waals surface area contributed by atoms with Gasteiger partial charge in [-0.05, 0) is 18.1 Å². The molecule has 1 aromatic rings. The van der Waals surface area contributed by atoms with Gasteiger partial charge in [0.05, 0.1) is 18.5 Å². The van der Waals surface area contributed by atoms with Crippen molar-refractivity contribution in [2.75, 3.05) is 26.3 Å². The monoisotopic (exact) mass is 335 g/mol. The highest BCUT2D eigenvalue weighted by atomic mass is 32.2. The number of carbonyl (C=O) groups is 1. The standard InChI is InChI=1S/C18H25NO3S/c1-14(2)16(23-15-6-4-3-5-7-15)17(20)19-10-8-18(9-11-19)21-12-13-22-18/h3-7,14,16H,8-13H2,1-2H3/t16-/m0/s1. The first-order chi connectivity index (χ1) is 11.1. The fourth-order valence-corrected chi connectivity index (χ4v) is 4.28. The van der Waals surface area contributed by atoms with Gasteiger partial charge in [-0.2, -0.15) is 0 Å². The van der Waals surface area contributed by atoms with E-state index in [1.807, 2.05) is 23.1 Å². The fraction of sp³-hybridized carbons (Fsp3) is 0.611. The Morgan fingerprint density at radius 1 is 1.13 bits per heavy atom. The minimum Gasteiger partial charge on any atom is -0.347 e. The van der Waals surface area contributed by atoms with Crippen molar-refractivity contribution < 1.29 is 14.3 Å². The first-order valence-corrected chi connectivity index (χ1v) is 9.26. The molecule has 0 aromatic heterocycles. The Morgan fingerprint density at radius 3 is 2.30 bits per heavy atom. The topological polar surface area (TPSA) is 38.8 Å². The number of rotatable bonds is 4. The van der Waals surface area contributed by atoms with Crippen molar-refractivity contribution in [2.45, 2.75) is 42.6 Å². The van der Waals surface area contributed by atoms with Gasteiger partial charge in [-0.25, -0.2) is 0 Å². The van der Waals surface area contributed by atoms with Gasteiger partial charge in [0.15, 0.2) is 5.79 Å². The predicted octanol–water partition coefficient (Wildman–Crippen LogP) is 3.17. The molecular formula is C18H25NO3S. The summed E-state index contributed by atoms with van der Waals surface area (Å²) in [6.07, 6.45) is 1.55. The zero-order valence-corrected chi connectivity index (χ0v) is 14.7. The lowest BCUT2D eigenvalue weighted by Crippen LogP contribution is -2.50. The van der Waals surface area contributed by atoms with Crippen LogP contribution in [0.1, 0.15) is 26.7 Å². The van der Waals surface area contributed by atoms with Crippen LogP contribution in [0.25, 0.3) is 0 Å². The van der Waals surface area contributed by atoms with Crippen LogP contribution in [0, 0.1) is 5.92 Å². The van der Waals surface area contributed by atoms with Crippen LogP contribution in [-0.4, -0.2) is 48.1 Å². The summed E-state index contributed by atoms with van der Waals surface area (Å²) in [5.41, 5.74) is 0. The number of carbonyl (C=O) groups excluding carboxylic acids is 1. The zero-order chi connectivity index (χ0) is 16.3. The average Bonchev–Trinajstić information content (AvgIpc) is 3.01. The van der Waals surface area contributed by atoms with Crippen LogP contribution < -0.4 is 0 Å². The van der Waals surface area contributed by atoms with Crippen molar-refractivity contribution in [3.63, 3.8) is 0 Å². The number of ether oxygens (including phenoxy) is 2. The number of piperidine rings is 1. The second kappa shape index (κ2) is 7.24. The van der Waals surface area contributed by atoms with Crippen LogP contribution in [0.5, 0.6) is 0 Å². The third kappa shape index (κ3) is 3.90. The zero-order valence-electron chi connectivity index (χ0n) is 13.9. The van der Waals surface area contributed by atoms with Crippen LogP contribution in [0.3, 0.4) is 0 Å². The van der Waals surface area contributed by atoms with Crippen LogP contribution in [0.15, 0.2) is 35.2 Å². The van der Waals surface area contributed by atoms with Crippen LogP contribution in [0.2, 0.25) is 0 Å². The summed E-state index contributed by atoms with van der Waals surface area (Å²) in [5.74, 6) is 0.112. The first kappa shape index (κ1) is 16.8. The van der Waals surface area contributed by atoms with Crippen molar-refractivity contribution in [2.24, 2.45) is 5.92 Å². The molecule has 2 aliphatic heterocycles. The minimum atomic E-state index is -0.420. The highest BCUT2D eigenvalue weighted by Crippen LogP contribution is 2.34. The molecule has 23 heavy (non-hydrogen) atoms. The highest BCUT2D eigenvalue weighted by molar-refractivity contribution is 8.00. The molecule has 126 valence electrons. The largest absolute Gasteiger partial charge is 0.347 e. The number of nitrogens with zero attached hydrogens (tertiary/aromatic N) is 1. The number of benzene rings is 1. The Kier molecular flexibility index (Phi) is 5.29. The van der Waals surface area contributed by atoms with Gasteiger partial charge in [-0.15, -0.1) is 11.8 Å². The molecule has 3 rings (SSSR count). The minimum absolute atomic E-state index is 0.0446. The predicted molar refractivity (Wildman–Crippen MR) is 91.4 cm³/mol. The molecule has 2 aliphatic rings. The molecule has 0 radical (unpaired) electrons. The fourth-order valence-electron chi connectivity index (χ4n) is 3.15. The Bertz CT molecular complexity index is 518. The summed E-state index contributed by atoms with van der Waals surface area (Å²) in [6, 6.07) is 10.2. The normalized spacial score (nSPS) is 21.8. The molecule has 0 N–H and O–H groups in total. The third-order valence-electron chi connectivity index (χ3n) is 4.51. The van der Waals surface area contributed by atoms with E-state index >= 15 is 0 Å². The molecule has 0 unspecified atom stereocenters. The molecule has 4 nitrogen and oxygen atoms in total. The molecule has 2 heterocycles. The molecule has 2 saturated heterocycles. The Labute approximate surface area is 142 Å². The third-order valence-corrected chi connectivity index (χ3v) is 6.05. The molecular weight excluding hydrogens is 310 g/mol. The van der Waals surface area contributed by atoms with Gasteiger partial charge >= 0.3 is 0 Å². The Morgan fingerprint density at radius 2 is 1.74 bits per heavy atom. The number of amides is 1. The van der Waals surface area contributed by atoms with Crippen LogP contribution >= 0.6 is 11.8 Å². The lowest BCUT2D eigenvalue weighted by molar-refractivity contribution is -0.187. The highest BCUT2D eigenvalue weighted by Gasteiger charge is 2.42. The Hall–Kier alpha value is -1.04. The van der Waals surface area contributed by atoms with Gasteiger partial charge in [0.1, 0.15) is 0 Å². The smallest absolute Gasteiger partial charge is 0.236 e. The number of hydrogen-bond acceptors (Lipinski definition) is 4. The molecule has 0 saturated carbocycles. The number of thioether (sulfide) groups is 1. The van der Waals surface area contributed by atoms with E-state index in [1.54, 1.807) is 11.8 Å². The molecule has 5 heteroatoms. The quantitative estimate of drug-likeness (QED) is 0.792. The molecule has 1 atom stereocenters. The van der Waals surface area contributed by atoms with Gasteiger partial charge in [0.25, 0.3) is 0 Å². The van der Waals surface area contributed by atoms with E-state index in [0.29, 0.717) is 19.1 Å². The lowest BCUT2D eigenvalue weighted by atomic mass is 10.0. The summed E-state index contributed by atoms with van der Waals surface area (Å²) < 4.78 is 11.5. The summed E-state index contributed by atoms with van der Waals surface area (Å²) in [5, 5.41) is -0.0446. The van der Waals surface area contributed by atoms with Crippen LogP contribution in [0.4, 0.5) is 0 Å². The van der Waals surface area contributed by atoms with Gasteiger partial charge in [-0.3, -0.25) is 4.79 Å². The molecule has 2 fully saturated rings. The summed E-state index contributed by atoms with van der Waals surface area (Å²) in [4.78, 5) is 16.1. The van der Waals surface area contributed by atoms with E-state index < -0.39 is 5.79 Å². The van der Waals surface area contributed by atoms with Gasteiger partial charge in [-0.1, -0.05) is 32.0 Å². The van der Waals surface area contributed by atoms with E-state index in [1.165, 1.54) is 0 Å². The van der Waals surface area contributed by atoms with Crippen LogP contribution in [-0.2, 0) is 14.3 Å². The van der Waals surface area contributed by atoms with Crippen molar-refractivity contribution in [3.05, 3.63) is 30.3 Å². The first-order valence-electron chi connectivity index (χ1n) is 8.38. The second-order valence-corrected chi connectivity index (χ2v) is 7.74. The summed E-state index contributed by atoms with van der Waals surface area (Å²) in [7, 11) is 0. The van der Waals surface area contributed by atoms with E-state index in [9.17, 15) is 4.79 Å². The van der Waals surface area contributed by atoms with E-state index in [4.69, 9.17) is 9.47 Å². The van der Waals surface area contributed by atoms with Crippen molar-refractivity contribution in [1.29, 1.82) is 0 Å². The molecule has 0 aliphatic carbocycles. The van der Waals surface area contributed by atoms with E-state index in [0.717, 1.165) is 30.8 Å². The number of hydrogen-bond donors (Lipinski definition) is 0. The average molecular weight is 335 g/mol. The summed E-state index contributed by atoms with van der Waals surface area (Å²) >= 11 is 1.67. The second-order valence-electron chi connectivity index (χ2n) is 6.53. The van der Waals surface area contributed by atoms with Gasteiger partial charge < -0.3 is 14.4 Å². The maximum atomic E-state index is 13.0. The maximum Gasteiger partial charge on any atom is 0.236 e. The van der Waals surface area contributed by atoms with E-state index in [2.05, 4.69) is 26.0 Å². The van der Waals surface area contributed by atoms with Gasteiger partial charge in [0.2, 0.25) is 5.91 Å². The van der Waals surface area contributed by atoms with E-state index in [-0.39, 0.29) is 11.2 Å². The molecule has 0 bridgehead atoms. The van der Waals surface area contributed by atoms with Gasteiger partial charge in [0, 0.05) is 30.8 Å². The Balaban J connectivity index is 1.62. The number of likely N-dealkylation sites (tertiary alicyclic amines) is 1. The van der Waals surface area contributed by atoms with Crippen molar-refractivity contribution >= 4 is 17.7 Å². The molecule has 1 amide bonds.